The van der Waals surface area contributed by atoms with Gasteiger partial charge in [-0.2, -0.15) is 0 Å². The van der Waals surface area contributed by atoms with Gasteiger partial charge >= 0.3 is 5.97 Å². The Kier molecular flexibility index (Phi) is 8.60. The molecule has 162 valence electrons. The van der Waals surface area contributed by atoms with Gasteiger partial charge < -0.3 is 5.11 Å². The van der Waals surface area contributed by atoms with Crippen molar-refractivity contribution >= 4 is 11.9 Å². The van der Waals surface area contributed by atoms with Crippen LogP contribution in [0.15, 0.2) is 60.7 Å². The van der Waals surface area contributed by atoms with Crippen molar-refractivity contribution in [2.75, 3.05) is 0 Å². The van der Waals surface area contributed by atoms with Crippen LogP contribution in [0.1, 0.15) is 58.1 Å². The fourth-order valence-corrected chi connectivity index (χ4v) is 3.80. The van der Waals surface area contributed by atoms with Crippen LogP contribution < -0.4 is 5.48 Å². The van der Waals surface area contributed by atoms with Crippen LogP contribution in [0.3, 0.4) is 0 Å². The van der Waals surface area contributed by atoms with E-state index < -0.39 is 23.4 Å². The number of hydroxylamine groups is 1. The zero-order chi connectivity index (χ0) is 22.1. The van der Waals surface area contributed by atoms with Gasteiger partial charge in [-0.1, -0.05) is 87.9 Å². The molecule has 2 rings (SSSR count). The van der Waals surface area contributed by atoms with Crippen LogP contribution >= 0.6 is 0 Å². The Morgan fingerprint density at radius 2 is 1.47 bits per heavy atom. The van der Waals surface area contributed by atoms with E-state index in [1.54, 1.807) is 0 Å². The Morgan fingerprint density at radius 1 is 0.967 bits per heavy atom. The molecule has 30 heavy (non-hydrogen) atoms. The van der Waals surface area contributed by atoms with E-state index >= 15 is 0 Å². The monoisotopic (exact) mass is 411 g/mol. The second kappa shape index (κ2) is 10.9. The summed E-state index contributed by atoms with van der Waals surface area (Å²) in [5.74, 6) is -2.54. The molecule has 0 spiro atoms. The van der Waals surface area contributed by atoms with Crippen molar-refractivity contribution < 1.29 is 19.5 Å². The summed E-state index contributed by atoms with van der Waals surface area (Å²) in [6.07, 6.45) is 1.66. The number of carbonyl (C=O) groups excluding carboxylic acids is 1. The van der Waals surface area contributed by atoms with Crippen molar-refractivity contribution in [2.24, 2.45) is 17.8 Å². The second-order valence-corrected chi connectivity index (χ2v) is 8.30. The standard InChI is InChI=1S/C25H33NO4/c1-5-12-21(22(24(28)29)17-18(2)3)23(27)26-30-25(4,19-13-8-6-9-14-19)20-15-10-7-11-16-20/h6-11,13-16,18,21-22H,5,12,17H2,1-4H3,(H,26,27)(H,28,29)/t21-,22?/m0/s1. The molecule has 0 bridgehead atoms. The van der Waals surface area contributed by atoms with Crippen LogP contribution in [0.4, 0.5) is 0 Å². The predicted octanol–water partition coefficient (Wildman–Crippen LogP) is 5.16. The van der Waals surface area contributed by atoms with E-state index in [1.165, 1.54) is 0 Å². The third-order valence-electron chi connectivity index (χ3n) is 5.47. The maximum atomic E-state index is 13.1. The molecule has 1 amide bonds. The van der Waals surface area contributed by atoms with Crippen molar-refractivity contribution in [3.8, 4) is 0 Å². The Bertz CT molecular complexity index is 765. The molecule has 0 aromatic heterocycles. The number of hydrogen-bond acceptors (Lipinski definition) is 3. The quantitative estimate of drug-likeness (QED) is 0.501. The highest BCUT2D eigenvalue weighted by atomic mass is 16.7. The second-order valence-electron chi connectivity index (χ2n) is 8.30. The molecule has 5 nitrogen and oxygen atoms in total. The van der Waals surface area contributed by atoms with Gasteiger partial charge in [-0.25, -0.2) is 5.48 Å². The summed E-state index contributed by atoms with van der Waals surface area (Å²) in [6, 6.07) is 19.3. The molecule has 0 aliphatic heterocycles. The lowest BCUT2D eigenvalue weighted by atomic mass is 9.82. The number of rotatable bonds is 11. The van der Waals surface area contributed by atoms with E-state index in [2.05, 4.69) is 5.48 Å². The highest BCUT2D eigenvalue weighted by molar-refractivity contribution is 5.84. The Morgan fingerprint density at radius 3 is 1.87 bits per heavy atom. The number of nitrogens with one attached hydrogen (secondary N) is 1. The summed E-state index contributed by atoms with van der Waals surface area (Å²) in [5.41, 5.74) is 3.48. The summed E-state index contributed by atoms with van der Waals surface area (Å²) in [6.45, 7) is 7.79. The normalized spacial score (nSPS) is 13.6. The minimum absolute atomic E-state index is 0.179. The Balaban J connectivity index is 2.28. The molecule has 0 heterocycles. The van der Waals surface area contributed by atoms with Gasteiger partial charge in [0.05, 0.1) is 11.8 Å². The lowest BCUT2D eigenvalue weighted by Gasteiger charge is -2.32. The van der Waals surface area contributed by atoms with Crippen LogP contribution in [0, 0.1) is 17.8 Å². The summed E-state index contributed by atoms with van der Waals surface area (Å²) in [7, 11) is 0. The zero-order valence-electron chi connectivity index (χ0n) is 18.3. The van der Waals surface area contributed by atoms with Crippen LogP contribution in [0.2, 0.25) is 0 Å². The first-order valence-electron chi connectivity index (χ1n) is 10.6. The molecule has 2 N–H and O–H groups in total. The fraction of sp³-hybridized carbons (Fsp3) is 0.440. The highest BCUT2D eigenvalue weighted by Gasteiger charge is 2.36. The van der Waals surface area contributed by atoms with E-state index in [0.717, 1.165) is 11.1 Å². The number of amides is 1. The van der Waals surface area contributed by atoms with Crippen molar-refractivity contribution in [2.45, 2.75) is 52.6 Å². The smallest absolute Gasteiger partial charge is 0.307 e. The number of carbonyl (C=O) groups is 2. The highest BCUT2D eigenvalue weighted by Crippen LogP contribution is 2.33. The lowest BCUT2D eigenvalue weighted by Crippen LogP contribution is -2.43. The SMILES string of the molecule is CCC[C@H](C(=O)NOC(C)(c1ccccc1)c1ccccc1)C(CC(C)C)C(=O)O. The van der Waals surface area contributed by atoms with Gasteiger partial charge in [0.15, 0.2) is 0 Å². The first kappa shape index (κ1) is 23.6. The molecule has 0 aliphatic rings. The van der Waals surface area contributed by atoms with Crippen LogP contribution in [0.25, 0.3) is 0 Å². The van der Waals surface area contributed by atoms with Gasteiger partial charge in [0, 0.05) is 0 Å². The molecular weight excluding hydrogens is 378 g/mol. The van der Waals surface area contributed by atoms with Crippen molar-refractivity contribution in [1.29, 1.82) is 0 Å². The number of carboxylic acids is 1. The average molecular weight is 412 g/mol. The lowest BCUT2D eigenvalue weighted by molar-refractivity contribution is -0.158. The van der Waals surface area contributed by atoms with Gasteiger partial charge in [-0.15, -0.1) is 0 Å². The third kappa shape index (κ3) is 5.92. The molecule has 5 heteroatoms. The average Bonchev–Trinajstić information content (AvgIpc) is 2.75. The third-order valence-corrected chi connectivity index (χ3v) is 5.47. The van der Waals surface area contributed by atoms with Crippen LogP contribution in [0.5, 0.6) is 0 Å². The first-order chi connectivity index (χ1) is 14.3. The van der Waals surface area contributed by atoms with Crippen LogP contribution in [-0.4, -0.2) is 17.0 Å². The van der Waals surface area contributed by atoms with Gasteiger partial charge in [-0.05, 0) is 36.8 Å². The van der Waals surface area contributed by atoms with E-state index in [4.69, 9.17) is 4.84 Å². The summed E-state index contributed by atoms with van der Waals surface area (Å²) < 4.78 is 0. The van der Waals surface area contributed by atoms with Crippen molar-refractivity contribution in [1.82, 2.24) is 5.48 Å². The number of carboxylic acid groups (broad SMARTS) is 1. The summed E-state index contributed by atoms with van der Waals surface area (Å²) in [5, 5.41) is 9.73. The maximum Gasteiger partial charge on any atom is 0.307 e. The molecular formula is C25H33NO4. The van der Waals surface area contributed by atoms with Crippen molar-refractivity contribution in [3.05, 3.63) is 71.8 Å². The molecule has 0 fully saturated rings. The molecule has 0 saturated carbocycles. The van der Waals surface area contributed by atoms with Gasteiger partial charge in [0.1, 0.15) is 5.60 Å². The Labute approximate surface area is 179 Å². The van der Waals surface area contributed by atoms with E-state index in [9.17, 15) is 14.7 Å². The van der Waals surface area contributed by atoms with E-state index in [1.807, 2.05) is 88.4 Å². The predicted molar refractivity (Wildman–Crippen MR) is 118 cm³/mol. The number of benzene rings is 2. The topological polar surface area (TPSA) is 75.6 Å². The number of aliphatic carboxylic acids is 1. The molecule has 0 radical (unpaired) electrons. The summed E-state index contributed by atoms with van der Waals surface area (Å²) in [4.78, 5) is 31.0. The minimum Gasteiger partial charge on any atom is -0.481 e. The first-order valence-corrected chi connectivity index (χ1v) is 10.6. The Hall–Kier alpha value is -2.66. The van der Waals surface area contributed by atoms with Crippen molar-refractivity contribution in [3.63, 3.8) is 0 Å². The van der Waals surface area contributed by atoms with E-state index in [0.29, 0.717) is 19.3 Å². The molecule has 0 saturated heterocycles. The summed E-state index contributed by atoms with van der Waals surface area (Å²) >= 11 is 0. The minimum atomic E-state index is -0.939. The fourth-order valence-electron chi connectivity index (χ4n) is 3.80. The number of hydrogen-bond donors (Lipinski definition) is 2. The molecule has 2 aromatic carbocycles. The zero-order valence-corrected chi connectivity index (χ0v) is 18.3. The van der Waals surface area contributed by atoms with Gasteiger partial charge in [-0.3, -0.25) is 14.4 Å². The van der Waals surface area contributed by atoms with Crippen LogP contribution in [-0.2, 0) is 20.0 Å². The molecule has 0 aliphatic carbocycles. The molecule has 2 atom stereocenters. The molecule has 2 aromatic rings. The van der Waals surface area contributed by atoms with Gasteiger partial charge in [0.25, 0.3) is 0 Å². The van der Waals surface area contributed by atoms with Gasteiger partial charge in [0.2, 0.25) is 5.91 Å². The van der Waals surface area contributed by atoms with E-state index in [-0.39, 0.29) is 11.8 Å². The molecule has 1 unspecified atom stereocenters. The maximum absolute atomic E-state index is 13.1. The largest absolute Gasteiger partial charge is 0.481 e.